The van der Waals surface area contributed by atoms with Crippen molar-refractivity contribution in [2.45, 2.75) is 37.1 Å². The number of aromatic carboxylic acids is 3. The van der Waals surface area contributed by atoms with Gasteiger partial charge in [0, 0.05) is 0 Å². The van der Waals surface area contributed by atoms with E-state index in [0.717, 1.165) is 0 Å². The first kappa shape index (κ1) is 47.7. The van der Waals surface area contributed by atoms with E-state index in [1.165, 1.54) is 0 Å². The van der Waals surface area contributed by atoms with E-state index in [1.54, 1.807) is 0 Å². The van der Waals surface area contributed by atoms with E-state index < -0.39 is 105 Å². The first-order chi connectivity index (χ1) is 22.5. The Bertz CT molecular complexity index is 1450. The molecule has 0 aromatic heterocycles. The summed E-state index contributed by atoms with van der Waals surface area (Å²) >= 11 is 0. The summed E-state index contributed by atoms with van der Waals surface area (Å²) in [5.41, 5.74) is -13.7. The zero-order valence-electron chi connectivity index (χ0n) is 23.9. The number of halogens is 18. The van der Waals surface area contributed by atoms with Gasteiger partial charge >= 0.3 is 63.3 Å². The van der Waals surface area contributed by atoms with E-state index in [2.05, 4.69) is 0 Å². The van der Waals surface area contributed by atoms with Crippen LogP contribution in [0.15, 0.2) is 54.6 Å². The maximum Gasteiger partial charge on any atom is 3.00 e. The van der Waals surface area contributed by atoms with E-state index in [0.29, 0.717) is 0 Å². The molecule has 0 amide bonds. The third-order valence-corrected chi connectivity index (χ3v) is 5.47. The molecule has 0 saturated carbocycles. The summed E-state index contributed by atoms with van der Waals surface area (Å²) in [5.74, 6) is -6.33. The summed E-state index contributed by atoms with van der Waals surface area (Å²) in [5, 5.41) is 30.9. The molecule has 0 heterocycles. The van der Waals surface area contributed by atoms with Crippen molar-refractivity contribution in [2.24, 2.45) is 0 Å². The summed E-state index contributed by atoms with van der Waals surface area (Å²) in [6, 6.07) is 0.0464. The summed E-state index contributed by atoms with van der Waals surface area (Å²) in [7, 11) is 0. The quantitative estimate of drug-likeness (QED) is 0.239. The van der Waals surface area contributed by atoms with E-state index in [4.69, 9.17) is 0 Å². The fraction of sp³-hybridized carbons (Fsp3) is 0.222. The Morgan fingerprint density at radius 1 is 0.308 bits per heavy atom. The topological polar surface area (TPSA) is 120 Å². The Morgan fingerprint density at radius 3 is 0.500 bits per heavy atom. The number of carboxylic acids is 3. The maximum atomic E-state index is 12.2. The van der Waals surface area contributed by atoms with Crippen LogP contribution in [0.3, 0.4) is 0 Å². The molecule has 0 N–H and O–H groups in total. The average Bonchev–Trinajstić information content (AvgIpc) is 2.94. The van der Waals surface area contributed by atoms with Crippen LogP contribution in [0.1, 0.15) is 64.5 Å². The molecule has 0 unspecified atom stereocenters. The molecule has 0 saturated heterocycles. The van der Waals surface area contributed by atoms with Gasteiger partial charge in [0.25, 0.3) is 0 Å². The second kappa shape index (κ2) is 16.6. The van der Waals surface area contributed by atoms with Gasteiger partial charge in [-0.25, -0.2) is 0 Å². The van der Waals surface area contributed by atoms with Crippen LogP contribution < -0.4 is 15.3 Å². The Morgan fingerprint density at radius 2 is 0.423 bits per heavy atom. The van der Waals surface area contributed by atoms with E-state index in [9.17, 15) is 109 Å². The predicted molar refractivity (Wildman–Crippen MR) is 128 cm³/mol. The molecule has 2 radical (unpaired) electrons. The van der Waals surface area contributed by atoms with Crippen molar-refractivity contribution in [3.63, 3.8) is 0 Å². The smallest absolute Gasteiger partial charge is 0.545 e. The van der Waals surface area contributed by atoms with Crippen LogP contribution in [-0.2, 0) is 37.1 Å². The van der Waals surface area contributed by atoms with Crippen molar-refractivity contribution in [3.8, 4) is 0 Å². The fourth-order valence-corrected chi connectivity index (χ4v) is 3.22. The number of hydrogen-bond acceptors (Lipinski definition) is 6. The minimum absolute atomic E-state index is 0. The molecule has 0 aliphatic heterocycles. The monoisotopic (exact) mass is 980 g/mol. The first-order valence-electron chi connectivity index (χ1n) is 12.1. The van der Waals surface area contributed by atoms with E-state index in [1.807, 2.05) is 0 Å². The van der Waals surface area contributed by atoms with Crippen molar-refractivity contribution >= 4 is 44.1 Å². The molecule has 0 fully saturated rings. The van der Waals surface area contributed by atoms with Gasteiger partial charge in [-0.05, 0) is 71.3 Å². The van der Waals surface area contributed by atoms with Gasteiger partial charge in [-0.2, -0.15) is 79.0 Å². The number of carbonyl (C=O) groups is 3. The molecule has 0 atom stereocenters. The van der Waals surface area contributed by atoms with Crippen LogP contribution in [0.5, 0.6) is 0 Å². The van der Waals surface area contributed by atoms with Gasteiger partial charge in [-0.1, -0.05) is 0 Å². The first-order valence-corrected chi connectivity index (χ1v) is 12.1. The standard InChI is InChI=1S/3C9H4F6O2.Bi/c3*10-8(11,12)5-1-4(7(16)17)2-6(3-5)9(13,14)15;/h3*1-3H,(H,16,17);/q;;;+3/p-3. The molecule has 3 rings (SSSR count). The van der Waals surface area contributed by atoms with Gasteiger partial charge in [0.1, 0.15) is 0 Å². The van der Waals surface area contributed by atoms with Crippen molar-refractivity contribution in [2.75, 3.05) is 0 Å². The molecule has 284 valence electrons. The second-order valence-electron chi connectivity index (χ2n) is 9.25. The van der Waals surface area contributed by atoms with Gasteiger partial charge < -0.3 is 29.7 Å². The van der Waals surface area contributed by atoms with Gasteiger partial charge in [0.15, 0.2) is 0 Å². The van der Waals surface area contributed by atoms with Crippen molar-refractivity contribution in [3.05, 3.63) is 105 Å². The normalized spacial score (nSPS) is 12.3. The molecule has 0 aliphatic rings. The number of carboxylic acid groups (broad SMARTS) is 3. The number of benzene rings is 3. The molecule has 6 nitrogen and oxygen atoms in total. The summed E-state index contributed by atoms with van der Waals surface area (Å²) in [6.07, 6.45) is -30.4. The molecule has 25 heteroatoms. The van der Waals surface area contributed by atoms with Crippen molar-refractivity contribution in [1.82, 2.24) is 0 Å². The number of carbonyl (C=O) groups excluding carboxylic acids is 3. The fourth-order valence-electron chi connectivity index (χ4n) is 3.22. The minimum Gasteiger partial charge on any atom is -0.545 e. The molecule has 52 heavy (non-hydrogen) atoms. The molecule has 3 aromatic rings. The van der Waals surface area contributed by atoms with Crippen LogP contribution in [-0.4, -0.2) is 44.1 Å². The number of alkyl halides is 18. The molecular weight excluding hydrogens is 971 g/mol. The minimum atomic E-state index is -5.06. The SMILES string of the molecule is O=C([O-])c1cc(C(F)(F)F)cc(C(F)(F)F)c1.O=C([O-])c1cc(C(F)(F)F)cc(C(F)(F)F)c1.O=C([O-])c1cc(C(F)(F)F)cc(C(F)(F)F)c1.[Bi+3]. The van der Waals surface area contributed by atoms with Crippen LogP contribution in [0, 0.1) is 0 Å². The molecule has 0 aliphatic carbocycles. The van der Waals surface area contributed by atoms with Gasteiger partial charge in [-0.15, -0.1) is 0 Å². The average molecular weight is 980 g/mol. The van der Waals surface area contributed by atoms with Crippen LogP contribution in [0.2, 0.25) is 0 Å². The Hall–Kier alpha value is -4.31. The molecule has 3 aromatic carbocycles. The molecule has 0 bridgehead atoms. The maximum absolute atomic E-state index is 12.2. The zero-order valence-corrected chi connectivity index (χ0v) is 27.4. The summed E-state index contributed by atoms with van der Waals surface area (Å²) in [6.45, 7) is 0. The van der Waals surface area contributed by atoms with E-state index >= 15 is 0 Å². The third kappa shape index (κ3) is 14.4. The summed E-state index contributed by atoms with van der Waals surface area (Å²) in [4.78, 5) is 30.9. The van der Waals surface area contributed by atoms with Crippen molar-refractivity contribution in [1.29, 1.82) is 0 Å². The molecular formula is C27H9BiF18O6. The Balaban J connectivity index is 0.000000743. The van der Waals surface area contributed by atoms with Crippen LogP contribution >= 0.6 is 0 Å². The van der Waals surface area contributed by atoms with Crippen LogP contribution in [0.4, 0.5) is 79.0 Å². The largest absolute Gasteiger partial charge is 3.00 e. The zero-order chi connectivity index (χ0) is 40.3. The summed E-state index contributed by atoms with van der Waals surface area (Å²) < 4.78 is 220. The van der Waals surface area contributed by atoms with Gasteiger partial charge in [0.2, 0.25) is 0 Å². The van der Waals surface area contributed by atoms with Gasteiger partial charge in [-0.3, -0.25) is 0 Å². The van der Waals surface area contributed by atoms with Crippen LogP contribution in [0.25, 0.3) is 0 Å². The van der Waals surface area contributed by atoms with Gasteiger partial charge in [0.05, 0.1) is 51.3 Å². The van der Waals surface area contributed by atoms with E-state index in [-0.39, 0.29) is 80.8 Å². The molecule has 0 spiro atoms. The predicted octanol–water partition coefficient (Wildman–Crippen LogP) is 5.88. The second-order valence-corrected chi connectivity index (χ2v) is 9.25. The Kier molecular flexibility index (Phi) is 15.2. The number of hydrogen-bond donors (Lipinski definition) is 0. The van der Waals surface area contributed by atoms with Crippen molar-refractivity contribution < 1.29 is 109 Å². The third-order valence-electron chi connectivity index (χ3n) is 5.47. The Labute approximate surface area is 294 Å². The number of rotatable bonds is 3.